The van der Waals surface area contributed by atoms with Gasteiger partial charge in [-0.25, -0.2) is 23.2 Å². The monoisotopic (exact) mass is 395 g/mol. The highest BCUT2D eigenvalue weighted by Crippen LogP contribution is 2.34. The first-order valence-electron chi connectivity index (χ1n) is 8.62. The minimum Gasteiger partial charge on any atom is -0.288 e. The van der Waals surface area contributed by atoms with E-state index >= 15 is 0 Å². The molecule has 0 atom stereocenters. The summed E-state index contributed by atoms with van der Waals surface area (Å²) in [5, 5.41) is 10.1. The van der Waals surface area contributed by atoms with Crippen molar-refractivity contribution in [3.05, 3.63) is 71.9 Å². The van der Waals surface area contributed by atoms with Crippen LogP contribution in [0.2, 0.25) is 0 Å². The van der Waals surface area contributed by atoms with Gasteiger partial charge in [0.15, 0.2) is 0 Å². The molecule has 0 unspecified atom stereocenters. The molecule has 1 amide bonds. The van der Waals surface area contributed by atoms with E-state index in [0.717, 1.165) is 10.9 Å². The zero-order valence-electron chi connectivity index (χ0n) is 14.7. The van der Waals surface area contributed by atoms with Crippen molar-refractivity contribution in [2.24, 2.45) is 0 Å². The Morgan fingerprint density at radius 2 is 1.96 bits per heavy atom. The number of pyridine rings is 1. The van der Waals surface area contributed by atoms with E-state index in [9.17, 15) is 13.2 Å². The molecule has 0 saturated heterocycles. The van der Waals surface area contributed by atoms with Gasteiger partial charge in [-0.2, -0.15) is 0 Å². The zero-order valence-corrected chi connectivity index (χ0v) is 15.6. The first kappa shape index (κ1) is 18.1. The molecule has 4 rings (SSSR count). The summed E-state index contributed by atoms with van der Waals surface area (Å²) in [5.74, 6) is -0.252. The number of fused-ring (bicyclic) bond motifs is 2. The summed E-state index contributed by atoms with van der Waals surface area (Å²) in [7, 11) is -3.77. The number of carbonyl (C=O) groups excluding carboxylic acids is 1. The smallest absolute Gasteiger partial charge is 0.267 e. The number of carbonyl (C=O) groups is 1. The Balaban J connectivity index is 1.72. The van der Waals surface area contributed by atoms with E-state index in [0.29, 0.717) is 29.7 Å². The molecule has 3 aromatic rings. The largest absolute Gasteiger partial charge is 0.288 e. The number of benzene rings is 2. The summed E-state index contributed by atoms with van der Waals surface area (Å²) in [6.45, 7) is 0.304. The fourth-order valence-corrected chi connectivity index (χ4v) is 5.01. The number of nitrogens with zero attached hydrogens (tertiary/aromatic N) is 2. The van der Waals surface area contributed by atoms with Gasteiger partial charge >= 0.3 is 0 Å². The third kappa shape index (κ3) is 3.12. The van der Waals surface area contributed by atoms with Crippen LogP contribution in [0, 0.1) is 0 Å². The van der Waals surface area contributed by atoms with Crippen LogP contribution in [0.3, 0.4) is 0 Å². The molecular weight excluding hydrogens is 378 g/mol. The Morgan fingerprint density at radius 3 is 2.79 bits per heavy atom. The fraction of sp³-hybridized carbons (Fsp3) is 0.100. The normalized spacial score (nSPS) is 13.8. The molecule has 0 fully saturated rings. The topological polar surface area (TPSA) is 99.6 Å². The first-order chi connectivity index (χ1) is 13.5. The van der Waals surface area contributed by atoms with Crippen LogP contribution in [0.4, 0.5) is 5.82 Å². The van der Waals surface area contributed by atoms with Crippen LogP contribution in [-0.4, -0.2) is 31.1 Å². The van der Waals surface area contributed by atoms with E-state index < -0.39 is 15.9 Å². The predicted octanol–water partition coefficient (Wildman–Crippen LogP) is 2.50. The number of amides is 1. The highest BCUT2D eigenvalue weighted by molar-refractivity contribution is 7.93. The van der Waals surface area contributed by atoms with E-state index in [2.05, 4.69) is 4.98 Å². The van der Waals surface area contributed by atoms with Crippen molar-refractivity contribution in [1.29, 1.82) is 0 Å². The van der Waals surface area contributed by atoms with Crippen molar-refractivity contribution in [1.82, 2.24) is 10.5 Å². The Morgan fingerprint density at radius 1 is 1.18 bits per heavy atom. The molecule has 8 heteroatoms. The molecule has 2 heterocycles. The molecule has 142 valence electrons. The van der Waals surface area contributed by atoms with Crippen LogP contribution in [0.25, 0.3) is 16.8 Å². The second kappa shape index (κ2) is 7.06. The molecule has 0 spiro atoms. The quantitative estimate of drug-likeness (QED) is 0.402. The molecule has 0 aliphatic carbocycles. The Hall–Kier alpha value is -3.23. The summed E-state index contributed by atoms with van der Waals surface area (Å²) >= 11 is 0. The van der Waals surface area contributed by atoms with Crippen LogP contribution in [0.1, 0.15) is 11.1 Å². The number of hydrogen-bond donors (Lipinski definition) is 2. The van der Waals surface area contributed by atoms with Gasteiger partial charge in [0, 0.05) is 24.2 Å². The van der Waals surface area contributed by atoms with Crippen LogP contribution in [0.5, 0.6) is 0 Å². The lowest BCUT2D eigenvalue weighted by Crippen LogP contribution is -2.29. The molecular formula is C20H17N3O4S. The van der Waals surface area contributed by atoms with Crippen LogP contribution in [-0.2, 0) is 21.2 Å². The number of nitrogens with one attached hydrogen (secondary N) is 1. The second-order valence-electron chi connectivity index (χ2n) is 6.37. The summed E-state index contributed by atoms with van der Waals surface area (Å²) in [5.41, 5.74) is 2.95. The molecule has 2 aromatic carbocycles. The maximum Gasteiger partial charge on any atom is 0.267 e. The van der Waals surface area contributed by atoms with Gasteiger partial charge < -0.3 is 0 Å². The molecule has 1 aliphatic rings. The number of aromatic nitrogens is 1. The van der Waals surface area contributed by atoms with E-state index in [1.807, 2.05) is 24.3 Å². The van der Waals surface area contributed by atoms with Crippen molar-refractivity contribution < 1.29 is 18.4 Å². The van der Waals surface area contributed by atoms with Crippen LogP contribution < -0.4 is 9.79 Å². The van der Waals surface area contributed by atoms with Gasteiger partial charge in [0.2, 0.25) is 0 Å². The van der Waals surface area contributed by atoms with Gasteiger partial charge in [-0.05, 0) is 41.1 Å². The Labute approximate surface area is 161 Å². The summed E-state index contributed by atoms with van der Waals surface area (Å²) in [4.78, 5) is 15.7. The minimum absolute atomic E-state index is 0.254. The molecule has 0 bridgehead atoms. The van der Waals surface area contributed by atoms with Crippen molar-refractivity contribution >= 4 is 38.6 Å². The predicted molar refractivity (Wildman–Crippen MR) is 105 cm³/mol. The summed E-state index contributed by atoms with van der Waals surface area (Å²) in [6, 6.07) is 14.4. The van der Waals surface area contributed by atoms with Gasteiger partial charge in [0.25, 0.3) is 15.9 Å². The first-order valence-corrected chi connectivity index (χ1v) is 10.1. The van der Waals surface area contributed by atoms with Gasteiger partial charge in [-0.1, -0.05) is 36.4 Å². The number of hydrogen-bond acceptors (Lipinski definition) is 5. The van der Waals surface area contributed by atoms with Crippen molar-refractivity contribution in [2.45, 2.75) is 11.3 Å². The van der Waals surface area contributed by atoms with Crippen LogP contribution in [0.15, 0.2) is 65.7 Å². The number of hydroxylamine groups is 1. The van der Waals surface area contributed by atoms with Gasteiger partial charge in [-0.15, -0.1) is 0 Å². The lowest BCUT2D eigenvalue weighted by Gasteiger charge is -2.19. The molecule has 7 nitrogen and oxygen atoms in total. The van der Waals surface area contributed by atoms with Crippen molar-refractivity contribution in [3.63, 3.8) is 0 Å². The van der Waals surface area contributed by atoms with Crippen molar-refractivity contribution in [3.8, 4) is 0 Å². The van der Waals surface area contributed by atoms with Gasteiger partial charge in [-0.3, -0.25) is 10.0 Å². The Bertz CT molecular complexity index is 1200. The lowest BCUT2D eigenvalue weighted by molar-refractivity contribution is -0.124. The number of anilines is 1. The number of sulfonamides is 1. The third-order valence-corrected chi connectivity index (χ3v) is 6.49. The lowest BCUT2D eigenvalue weighted by atomic mass is 10.1. The molecule has 0 radical (unpaired) electrons. The second-order valence-corrected chi connectivity index (χ2v) is 8.20. The number of rotatable bonds is 4. The zero-order chi connectivity index (χ0) is 19.7. The van der Waals surface area contributed by atoms with Crippen LogP contribution >= 0.6 is 0 Å². The van der Waals surface area contributed by atoms with Crippen molar-refractivity contribution in [2.75, 3.05) is 10.8 Å². The van der Waals surface area contributed by atoms with E-state index in [1.54, 1.807) is 24.3 Å². The van der Waals surface area contributed by atoms with Gasteiger partial charge in [0.1, 0.15) is 5.82 Å². The van der Waals surface area contributed by atoms with E-state index in [-0.39, 0.29) is 4.90 Å². The molecule has 1 aromatic heterocycles. The maximum absolute atomic E-state index is 13.3. The fourth-order valence-electron chi connectivity index (χ4n) is 3.33. The molecule has 2 N–H and O–H groups in total. The Kier molecular flexibility index (Phi) is 4.58. The molecule has 0 saturated carbocycles. The minimum atomic E-state index is -3.77. The van der Waals surface area contributed by atoms with Gasteiger partial charge in [0.05, 0.1) is 4.90 Å². The highest BCUT2D eigenvalue weighted by Gasteiger charge is 2.33. The SMILES string of the molecule is O=C(/C=C/c1cnc2c(c1)CCN2S(=O)(=O)c1cccc2ccccc12)NO. The van der Waals surface area contributed by atoms with E-state index in [1.165, 1.54) is 28.1 Å². The average molecular weight is 395 g/mol. The summed E-state index contributed by atoms with van der Waals surface area (Å²) in [6.07, 6.45) is 4.70. The van der Waals surface area contributed by atoms with E-state index in [4.69, 9.17) is 5.21 Å². The average Bonchev–Trinajstić information content (AvgIpc) is 3.15. The summed E-state index contributed by atoms with van der Waals surface area (Å²) < 4.78 is 28.0. The highest BCUT2D eigenvalue weighted by atomic mass is 32.2. The third-order valence-electron chi connectivity index (χ3n) is 4.64. The maximum atomic E-state index is 13.3. The molecule has 1 aliphatic heterocycles. The molecule has 28 heavy (non-hydrogen) atoms. The standard InChI is InChI=1S/C20H17N3O4S/c24-19(22-25)9-8-14-12-16-10-11-23(20(16)21-13-14)28(26,27)18-7-3-5-15-4-1-2-6-17(15)18/h1-9,12-13,25H,10-11H2,(H,22,24)/b9-8+.